The highest BCUT2D eigenvalue weighted by atomic mass is 16.5. The van der Waals surface area contributed by atoms with Crippen molar-refractivity contribution >= 4 is 10.8 Å². The fraction of sp³-hybridized carbons (Fsp3) is 0.154. The lowest BCUT2D eigenvalue weighted by Gasteiger charge is -2.00. The van der Waals surface area contributed by atoms with E-state index in [-0.39, 0.29) is 6.04 Å². The molecule has 5 heteroatoms. The van der Waals surface area contributed by atoms with Crippen molar-refractivity contribution in [1.29, 1.82) is 0 Å². The lowest BCUT2D eigenvalue weighted by molar-refractivity contribution is 0.362. The van der Waals surface area contributed by atoms with Gasteiger partial charge < -0.3 is 10.3 Å². The maximum absolute atomic E-state index is 5.70. The van der Waals surface area contributed by atoms with Gasteiger partial charge in [-0.3, -0.25) is 4.98 Å². The zero-order valence-corrected chi connectivity index (χ0v) is 9.87. The Balaban J connectivity index is 2.18. The van der Waals surface area contributed by atoms with E-state index in [1.807, 2.05) is 30.3 Å². The van der Waals surface area contributed by atoms with Gasteiger partial charge in [-0.1, -0.05) is 29.4 Å². The molecule has 18 heavy (non-hydrogen) atoms. The minimum atomic E-state index is -0.277. The van der Waals surface area contributed by atoms with E-state index in [1.54, 1.807) is 13.1 Å². The van der Waals surface area contributed by atoms with Crippen LogP contribution >= 0.6 is 0 Å². The summed E-state index contributed by atoms with van der Waals surface area (Å²) in [4.78, 5) is 8.59. The molecule has 0 aliphatic heterocycles. The van der Waals surface area contributed by atoms with Gasteiger partial charge in [-0.05, 0) is 18.4 Å². The Morgan fingerprint density at radius 3 is 2.83 bits per heavy atom. The van der Waals surface area contributed by atoms with Crippen molar-refractivity contribution in [2.24, 2.45) is 5.73 Å². The van der Waals surface area contributed by atoms with E-state index in [1.165, 1.54) is 0 Å². The second-order valence-electron chi connectivity index (χ2n) is 4.13. The first-order valence-corrected chi connectivity index (χ1v) is 5.69. The normalized spacial score (nSPS) is 12.8. The van der Waals surface area contributed by atoms with Gasteiger partial charge in [-0.2, -0.15) is 4.98 Å². The van der Waals surface area contributed by atoms with Crippen molar-refractivity contribution in [1.82, 2.24) is 15.1 Å². The van der Waals surface area contributed by atoms with Gasteiger partial charge in [-0.25, -0.2) is 0 Å². The van der Waals surface area contributed by atoms with Crippen LogP contribution in [0.5, 0.6) is 0 Å². The maximum atomic E-state index is 5.70. The lowest BCUT2D eigenvalue weighted by atomic mass is 10.1. The van der Waals surface area contributed by atoms with Crippen LogP contribution in [0.2, 0.25) is 0 Å². The zero-order valence-electron chi connectivity index (χ0n) is 9.87. The van der Waals surface area contributed by atoms with Crippen molar-refractivity contribution < 1.29 is 4.52 Å². The Hall–Kier alpha value is -2.27. The van der Waals surface area contributed by atoms with Crippen LogP contribution < -0.4 is 5.73 Å². The van der Waals surface area contributed by atoms with Crippen LogP contribution in [0, 0.1) is 0 Å². The van der Waals surface area contributed by atoms with Crippen LogP contribution in [0.3, 0.4) is 0 Å². The molecule has 1 atom stereocenters. The molecular weight excluding hydrogens is 228 g/mol. The summed E-state index contributed by atoms with van der Waals surface area (Å²) in [5.74, 6) is 0.888. The number of nitrogens with zero attached hydrogens (tertiary/aromatic N) is 3. The van der Waals surface area contributed by atoms with Crippen LogP contribution in [0.1, 0.15) is 18.9 Å². The maximum Gasteiger partial charge on any atom is 0.243 e. The molecule has 90 valence electrons. The van der Waals surface area contributed by atoms with Gasteiger partial charge in [0.15, 0.2) is 0 Å². The summed E-state index contributed by atoms with van der Waals surface area (Å²) in [6, 6.07) is 9.62. The highest BCUT2D eigenvalue weighted by Crippen LogP contribution is 2.24. The zero-order chi connectivity index (χ0) is 12.5. The van der Waals surface area contributed by atoms with Gasteiger partial charge in [-0.15, -0.1) is 0 Å². The lowest BCUT2D eigenvalue weighted by Crippen LogP contribution is -2.04. The first-order valence-electron chi connectivity index (χ1n) is 5.69. The predicted octanol–water partition coefficient (Wildman–Crippen LogP) is 2.30. The smallest absolute Gasteiger partial charge is 0.243 e. The molecule has 1 aromatic carbocycles. The Morgan fingerprint density at radius 1 is 1.22 bits per heavy atom. The largest absolute Gasteiger partial charge is 0.337 e. The average molecular weight is 240 g/mol. The Labute approximate surface area is 104 Å². The Bertz CT molecular complexity index is 685. The summed E-state index contributed by atoms with van der Waals surface area (Å²) >= 11 is 0. The number of hydrogen-bond donors (Lipinski definition) is 1. The highest BCUT2D eigenvalue weighted by Gasteiger charge is 2.14. The molecular formula is C13H12N4O. The molecule has 0 aliphatic carbocycles. The molecule has 0 unspecified atom stereocenters. The molecule has 0 saturated heterocycles. The Kier molecular flexibility index (Phi) is 2.53. The molecule has 0 amide bonds. The average Bonchev–Trinajstić information content (AvgIpc) is 2.87. The number of hydrogen-bond acceptors (Lipinski definition) is 5. The fourth-order valence-corrected chi connectivity index (χ4v) is 1.81. The summed E-state index contributed by atoms with van der Waals surface area (Å²) in [5, 5.41) is 6.02. The van der Waals surface area contributed by atoms with Crippen LogP contribution in [-0.4, -0.2) is 15.1 Å². The third-order valence-corrected chi connectivity index (χ3v) is 2.72. The van der Waals surface area contributed by atoms with E-state index >= 15 is 0 Å². The van der Waals surface area contributed by atoms with Crippen LogP contribution in [0.25, 0.3) is 22.3 Å². The SMILES string of the molecule is C[C@H](N)c1nc(-c2nccc3ccccc23)no1. The van der Waals surface area contributed by atoms with Crippen molar-refractivity contribution in [3.05, 3.63) is 42.4 Å². The molecule has 3 aromatic rings. The topological polar surface area (TPSA) is 77.8 Å². The second kappa shape index (κ2) is 4.19. The van der Waals surface area contributed by atoms with E-state index in [4.69, 9.17) is 10.3 Å². The number of aromatic nitrogens is 3. The number of fused-ring (bicyclic) bond motifs is 1. The quantitative estimate of drug-likeness (QED) is 0.743. The minimum absolute atomic E-state index is 0.277. The Morgan fingerprint density at radius 2 is 2.06 bits per heavy atom. The summed E-state index contributed by atoms with van der Waals surface area (Å²) in [6.07, 6.45) is 1.74. The second-order valence-corrected chi connectivity index (χ2v) is 4.13. The van der Waals surface area contributed by atoms with Crippen molar-refractivity contribution in [2.75, 3.05) is 0 Å². The van der Waals surface area contributed by atoms with E-state index in [0.29, 0.717) is 17.4 Å². The standard InChI is InChI=1S/C13H12N4O/c1-8(14)13-16-12(17-18-13)11-10-5-3-2-4-9(10)6-7-15-11/h2-8H,14H2,1H3/t8-/m0/s1. The van der Waals surface area contributed by atoms with Gasteiger partial charge in [0.1, 0.15) is 5.69 Å². The molecule has 2 heterocycles. The summed E-state index contributed by atoms with van der Waals surface area (Å²) < 4.78 is 5.10. The number of pyridine rings is 1. The van der Waals surface area contributed by atoms with Crippen LogP contribution in [-0.2, 0) is 0 Å². The molecule has 0 radical (unpaired) electrons. The third kappa shape index (κ3) is 1.74. The van der Waals surface area contributed by atoms with E-state index in [0.717, 1.165) is 10.8 Å². The molecule has 2 N–H and O–H groups in total. The van der Waals surface area contributed by atoms with E-state index < -0.39 is 0 Å². The molecule has 0 saturated carbocycles. The van der Waals surface area contributed by atoms with E-state index in [9.17, 15) is 0 Å². The van der Waals surface area contributed by atoms with Gasteiger partial charge in [0, 0.05) is 11.6 Å². The monoisotopic (exact) mass is 240 g/mol. The van der Waals surface area contributed by atoms with Crippen LogP contribution in [0.15, 0.2) is 41.1 Å². The number of rotatable bonds is 2. The fourth-order valence-electron chi connectivity index (χ4n) is 1.81. The first kappa shape index (κ1) is 10.9. The van der Waals surface area contributed by atoms with Gasteiger partial charge in [0.05, 0.1) is 6.04 Å². The first-order chi connectivity index (χ1) is 8.75. The summed E-state index contributed by atoms with van der Waals surface area (Å²) in [6.45, 7) is 1.80. The minimum Gasteiger partial charge on any atom is -0.337 e. The van der Waals surface area contributed by atoms with Crippen molar-refractivity contribution in [2.45, 2.75) is 13.0 Å². The highest BCUT2D eigenvalue weighted by molar-refractivity contribution is 5.92. The van der Waals surface area contributed by atoms with Crippen LogP contribution in [0.4, 0.5) is 0 Å². The molecule has 0 spiro atoms. The predicted molar refractivity (Wildman–Crippen MR) is 67.6 cm³/mol. The van der Waals surface area contributed by atoms with Crippen molar-refractivity contribution in [3.63, 3.8) is 0 Å². The molecule has 0 aliphatic rings. The molecule has 0 fully saturated rings. The van der Waals surface area contributed by atoms with Gasteiger partial charge >= 0.3 is 0 Å². The van der Waals surface area contributed by atoms with Gasteiger partial charge in [0.2, 0.25) is 11.7 Å². The summed E-state index contributed by atoms with van der Waals surface area (Å²) in [5.41, 5.74) is 6.41. The van der Waals surface area contributed by atoms with Gasteiger partial charge in [0.25, 0.3) is 0 Å². The molecule has 5 nitrogen and oxygen atoms in total. The summed E-state index contributed by atoms with van der Waals surface area (Å²) in [7, 11) is 0. The molecule has 3 rings (SSSR count). The third-order valence-electron chi connectivity index (χ3n) is 2.72. The molecule has 2 aromatic heterocycles. The number of nitrogens with two attached hydrogens (primary N) is 1. The molecule has 0 bridgehead atoms. The van der Waals surface area contributed by atoms with E-state index in [2.05, 4.69) is 15.1 Å². The van der Waals surface area contributed by atoms with Crippen molar-refractivity contribution in [3.8, 4) is 11.5 Å². The number of benzene rings is 1.